The van der Waals surface area contributed by atoms with E-state index in [4.69, 9.17) is 4.74 Å². The topological polar surface area (TPSA) is 56.1 Å². The predicted octanol–water partition coefficient (Wildman–Crippen LogP) is 2.72. The van der Waals surface area contributed by atoms with Gasteiger partial charge in [-0.15, -0.1) is 0 Å². The Balaban J connectivity index is 1.73. The second-order valence-electron chi connectivity index (χ2n) is 5.45. The highest BCUT2D eigenvalue weighted by molar-refractivity contribution is 9.10. The molecule has 0 spiro atoms. The minimum absolute atomic E-state index is 0.656. The van der Waals surface area contributed by atoms with Crippen molar-refractivity contribution in [2.45, 2.75) is 6.92 Å². The van der Waals surface area contributed by atoms with E-state index < -0.39 is 0 Å². The number of halogens is 1. The van der Waals surface area contributed by atoms with E-state index in [1.165, 1.54) is 5.69 Å². The second-order valence-corrected chi connectivity index (χ2v) is 6.26. The third kappa shape index (κ3) is 2.70. The normalized spacial score (nSPS) is 15.3. The highest BCUT2D eigenvalue weighted by Gasteiger charge is 2.14. The maximum absolute atomic E-state index is 5.41. The number of ether oxygens (including phenoxy) is 1. The first kappa shape index (κ1) is 14.6. The third-order valence-electron chi connectivity index (χ3n) is 3.99. The Hall–Kier alpha value is -1.99. The summed E-state index contributed by atoms with van der Waals surface area (Å²) in [6.07, 6.45) is 1.67. The Morgan fingerprint density at radius 2 is 1.74 bits per heavy atom. The van der Waals surface area contributed by atoms with Gasteiger partial charge in [-0.1, -0.05) is 0 Å². The highest BCUT2D eigenvalue weighted by atomic mass is 79.9. The number of hydrogen-bond donors (Lipinski definition) is 0. The largest absolute Gasteiger partial charge is 0.378 e. The third-order valence-corrected chi connectivity index (χ3v) is 4.38. The molecule has 6 nitrogen and oxygen atoms in total. The molecule has 0 saturated carbocycles. The Labute approximate surface area is 142 Å². The molecule has 3 heterocycles. The molecule has 1 aromatic carbocycles. The van der Waals surface area contributed by atoms with Gasteiger partial charge in [0.1, 0.15) is 10.4 Å². The first-order valence-electron chi connectivity index (χ1n) is 7.53. The number of aromatic nitrogens is 4. The van der Waals surface area contributed by atoms with Crippen LogP contribution < -0.4 is 4.90 Å². The molecule has 0 radical (unpaired) electrons. The van der Waals surface area contributed by atoms with Gasteiger partial charge >= 0.3 is 0 Å². The van der Waals surface area contributed by atoms with Crippen molar-refractivity contribution < 1.29 is 4.74 Å². The second kappa shape index (κ2) is 5.90. The first-order valence-corrected chi connectivity index (χ1v) is 8.32. The number of nitrogens with zero attached hydrogens (tertiary/aromatic N) is 5. The zero-order chi connectivity index (χ0) is 15.8. The monoisotopic (exact) mass is 373 g/mol. The molecule has 1 aliphatic heterocycles. The molecule has 3 aromatic rings. The lowest BCUT2D eigenvalue weighted by Gasteiger charge is -2.29. The van der Waals surface area contributed by atoms with Crippen LogP contribution in [0, 0.1) is 6.92 Å². The van der Waals surface area contributed by atoms with Gasteiger partial charge in [0.25, 0.3) is 0 Å². The number of anilines is 1. The maximum atomic E-state index is 5.41. The number of fused-ring (bicyclic) bond motifs is 1. The van der Waals surface area contributed by atoms with E-state index in [2.05, 4.69) is 60.0 Å². The fourth-order valence-electron chi connectivity index (χ4n) is 2.88. The smallest absolute Gasteiger partial charge is 0.198 e. The van der Waals surface area contributed by atoms with Crippen LogP contribution in [0.15, 0.2) is 35.1 Å². The van der Waals surface area contributed by atoms with Crippen molar-refractivity contribution in [3.8, 4) is 5.69 Å². The van der Waals surface area contributed by atoms with Crippen LogP contribution in [0.2, 0.25) is 0 Å². The van der Waals surface area contributed by atoms with E-state index >= 15 is 0 Å². The lowest BCUT2D eigenvalue weighted by molar-refractivity contribution is 0.122. The number of aryl methyl sites for hydroxylation is 1. The molecule has 0 bridgehead atoms. The van der Waals surface area contributed by atoms with Gasteiger partial charge in [0, 0.05) is 24.5 Å². The molecule has 7 heteroatoms. The van der Waals surface area contributed by atoms with Crippen LogP contribution in [0.25, 0.3) is 17.0 Å². The van der Waals surface area contributed by atoms with Crippen molar-refractivity contribution in [1.29, 1.82) is 0 Å². The molecule has 1 fully saturated rings. The first-order chi connectivity index (χ1) is 11.2. The molecule has 0 unspecified atom stereocenters. The molecule has 0 amide bonds. The summed E-state index contributed by atoms with van der Waals surface area (Å²) in [7, 11) is 0. The lowest BCUT2D eigenvalue weighted by atomic mass is 10.2. The van der Waals surface area contributed by atoms with Gasteiger partial charge in [-0.05, 0) is 47.1 Å². The molecule has 0 atom stereocenters. The molecule has 2 aromatic heterocycles. The van der Waals surface area contributed by atoms with Gasteiger partial charge < -0.3 is 9.64 Å². The zero-order valence-corrected chi connectivity index (χ0v) is 14.3. The maximum Gasteiger partial charge on any atom is 0.198 e. The quantitative estimate of drug-likeness (QED) is 0.691. The average Bonchev–Trinajstić information content (AvgIpc) is 2.91. The highest BCUT2D eigenvalue weighted by Crippen LogP contribution is 2.23. The Kier molecular flexibility index (Phi) is 3.74. The summed E-state index contributed by atoms with van der Waals surface area (Å²) in [4.78, 5) is 15.6. The zero-order valence-electron chi connectivity index (χ0n) is 12.7. The van der Waals surface area contributed by atoms with E-state index in [1.807, 2.05) is 11.5 Å². The van der Waals surface area contributed by atoms with E-state index in [0.29, 0.717) is 10.3 Å². The van der Waals surface area contributed by atoms with Crippen LogP contribution in [0.5, 0.6) is 0 Å². The van der Waals surface area contributed by atoms with Gasteiger partial charge in [0.2, 0.25) is 0 Å². The van der Waals surface area contributed by atoms with Crippen molar-refractivity contribution in [2.24, 2.45) is 0 Å². The van der Waals surface area contributed by atoms with E-state index in [1.54, 1.807) is 6.20 Å². The van der Waals surface area contributed by atoms with Gasteiger partial charge in [-0.3, -0.25) is 4.57 Å². The van der Waals surface area contributed by atoms with Crippen LogP contribution >= 0.6 is 15.9 Å². The van der Waals surface area contributed by atoms with Crippen molar-refractivity contribution in [2.75, 3.05) is 31.2 Å². The Morgan fingerprint density at radius 1 is 1.04 bits per heavy atom. The summed E-state index contributed by atoms with van der Waals surface area (Å²) in [5.41, 5.74) is 3.67. The van der Waals surface area contributed by atoms with E-state index in [-0.39, 0.29) is 0 Å². The molecule has 23 heavy (non-hydrogen) atoms. The van der Waals surface area contributed by atoms with Gasteiger partial charge in [0.15, 0.2) is 11.3 Å². The molecule has 0 aliphatic carbocycles. The number of imidazole rings is 1. The minimum atomic E-state index is 0.656. The molecule has 1 saturated heterocycles. The van der Waals surface area contributed by atoms with Crippen molar-refractivity contribution in [1.82, 2.24) is 19.5 Å². The molecule has 0 N–H and O–H groups in total. The molecule has 1 aliphatic rings. The van der Waals surface area contributed by atoms with Gasteiger partial charge in [-0.25, -0.2) is 15.0 Å². The molecular formula is C16H16BrN5O. The summed E-state index contributed by atoms with van der Waals surface area (Å²) in [6, 6.07) is 8.47. The summed E-state index contributed by atoms with van der Waals surface area (Å²) in [6.45, 7) is 5.41. The lowest BCUT2D eigenvalue weighted by Crippen LogP contribution is -2.36. The Morgan fingerprint density at radius 3 is 2.48 bits per heavy atom. The standard InChI is InChI=1S/C16H16BrN5O/c1-11-19-15-16(20-14(17)10-18-15)22(11)13-4-2-12(3-5-13)21-6-8-23-9-7-21/h2-5,10H,6-9H2,1H3. The Bertz CT molecular complexity index is 840. The summed E-state index contributed by atoms with van der Waals surface area (Å²) in [5.74, 6) is 0.872. The van der Waals surface area contributed by atoms with Crippen molar-refractivity contribution >= 4 is 32.9 Å². The average molecular weight is 374 g/mol. The van der Waals surface area contributed by atoms with E-state index in [9.17, 15) is 0 Å². The van der Waals surface area contributed by atoms with Crippen LogP contribution in [0.4, 0.5) is 5.69 Å². The van der Waals surface area contributed by atoms with Crippen LogP contribution in [0.1, 0.15) is 5.82 Å². The fourth-order valence-corrected chi connectivity index (χ4v) is 3.15. The minimum Gasteiger partial charge on any atom is -0.378 e. The van der Waals surface area contributed by atoms with Crippen LogP contribution in [0.3, 0.4) is 0 Å². The van der Waals surface area contributed by atoms with Crippen molar-refractivity contribution in [3.63, 3.8) is 0 Å². The van der Waals surface area contributed by atoms with Gasteiger partial charge in [-0.2, -0.15) is 0 Å². The predicted molar refractivity (Wildman–Crippen MR) is 92.1 cm³/mol. The summed E-state index contributed by atoms with van der Waals surface area (Å²) < 4.78 is 8.13. The summed E-state index contributed by atoms with van der Waals surface area (Å²) in [5, 5.41) is 0. The number of hydrogen-bond acceptors (Lipinski definition) is 5. The summed E-state index contributed by atoms with van der Waals surface area (Å²) >= 11 is 3.38. The SMILES string of the molecule is Cc1nc2ncc(Br)nc2n1-c1ccc(N2CCOCC2)cc1. The molecule has 4 rings (SSSR count). The van der Waals surface area contributed by atoms with E-state index in [0.717, 1.165) is 43.5 Å². The number of morpholine rings is 1. The molecule has 118 valence electrons. The van der Waals surface area contributed by atoms with Crippen LogP contribution in [-0.4, -0.2) is 45.8 Å². The molecular weight excluding hydrogens is 358 g/mol. The number of benzene rings is 1. The van der Waals surface area contributed by atoms with Crippen LogP contribution in [-0.2, 0) is 4.74 Å². The van der Waals surface area contributed by atoms with Gasteiger partial charge in [0.05, 0.1) is 19.4 Å². The fraction of sp³-hybridized carbons (Fsp3) is 0.312. The van der Waals surface area contributed by atoms with Crippen molar-refractivity contribution in [3.05, 3.63) is 40.9 Å². The number of rotatable bonds is 2.